The van der Waals surface area contributed by atoms with Crippen molar-refractivity contribution in [2.45, 2.75) is 104 Å². The first-order chi connectivity index (χ1) is 9.67. The van der Waals surface area contributed by atoms with Crippen molar-refractivity contribution in [3.8, 4) is 0 Å². The van der Waals surface area contributed by atoms with Gasteiger partial charge in [0.1, 0.15) is 12.2 Å². The fourth-order valence-electron chi connectivity index (χ4n) is 2.33. The van der Waals surface area contributed by atoms with Crippen molar-refractivity contribution in [2.24, 2.45) is 0 Å². The van der Waals surface area contributed by atoms with Gasteiger partial charge in [-0.2, -0.15) is 0 Å². The Kier molecular flexibility index (Phi) is 12.8. The predicted molar refractivity (Wildman–Crippen MR) is 84.0 cm³/mol. The van der Waals surface area contributed by atoms with E-state index in [0.29, 0.717) is 0 Å². The lowest BCUT2D eigenvalue weighted by Gasteiger charge is -2.20. The van der Waals surface area contributed by atoms with Gasteiger partial charge in [-0.3, -0.25) is 0 Å². The van der Waals surface area contributed by atoms with E-state index in [9.17, 15) is 4.79 Å². The van der Waals surface area contributed by atoms with Gasteiger partial charge < -0.3 is 9.47 Å². The Morgan fingerprint density at radius 2 is 1.10 bits per heavy atom. The summed E-state index contributed by atoms with van der Waals surface area (Å²) >= 11 is 0. The molecule has 0 heterocycles. The molecule has 0 saturated carbocycles. The summed E-state index contributed by atoms with van der Waals surface area (Å²) in [5.41, 5.74) is 0. The minimum atomic E-state index is -0.464. The van der Waals surface area contributed by atoms with Gasteiger partial charge in [0.25, 0.3) is 0 Å². The Morgan fingerprint density at radius 3 is 1.40 bits per heavy atom. The topological polar surface area (TPSA) is 35.5 Å². The molecule has 0 spiro atoms. The fourth-order valence-corrected chi connectivity index (χ4v) is 2.33. The highest BCUT2D eigenvalue weighted by molar-refractivity contribution is 5.60. The van der Waals surface area contributed by atoms with Crippen molar-refractivity contribution in [3.05, 3.63) is 0 Å². The molecule has 0 aromatic rings. The Morgan fingerprint density at radius 1 is 0.700 bits per heavy atom. The molecule has 0 saturated heterocycles. The van der Waals surface area contributed by atoms with Crippen LogP contribution >= 0.6 is 0 Å². The Bertz CT molecular complexity index is 206. The van der Waals surface area contributed by atoms with Crippen LogP contribution in [0.2, 0.25) is 0 Å². The van der Waals surface area contributed by atoms with Crippen molar-refractivity contribution in [1.29, 1.82) is 0 Å². The van der Waals surface area contributed by atoms with E-state index in [-0.39, 0.29) is 12.2 Å². The van der Waals surface area contributed by atoms with Gasteiger partial charge in [-0.25, -0.2) is 4.79 Å². The number of rotatable bonds is 12. The summed E-state index contributed by atoms with van der Waals surface area (Å²) < 4.78 is 11.0. The number of hydrogen-bond acceptors (Lipinski definition) is 3. The minimum Gasteiger partial charge on any atom is -0.431 e. The molecular weight excluding hydrogens is 252 g/mol. The third-order valence-corrected chi connectivity index (χ3v) is 3.51. The SMILES string of the molecule is CCCCC(CCC)OC(=O)OC(CCC)CCCC. The van der Waals surface area contributed by atoms with Crippen LogP contribution in [0.3, 0.4) is 0 Å². The molecule has 0 aromatic heterocycles. The van der Waals surface area contributed by atoms with E-state index in [1.165, 1.54) is 0 Å². The highest BCUT2D eigenvalue weighted by Gasteiger charge is 2.18. The zero-order valence-corrected chi connectivity index (χ0v) is 14.0. The fraction of sp³-hybridized carbons (Fsp3) is 0.941. The molecule has 2 atom stereocenters. The first-order valence-corrected chi connectivity index (χ1v) is 8.55. The second-order valence-electron chi connectivity index (χ2n) is 5.59. The first kappa shape index (κ1) is 19.3. The van der Waals surface area contributed by atoms with Gasteiger partial charge in [-0.05, 0) is 25.7 Å². The summed E-state index contributed by atoms with van der Waals surface area (Å²) in [4.78, 5) is 11.9. The highest BCUT2D eigenvalue weighted by Crippen LogP contribution is 2.15. The predicted octanol–water partition coefficient (Wildman–Crippen LogP) is 5.86. The average Bonchev–Trinajstić information content (AvgIpc) is 2.42. The van der Waals surface area contributed by atoms with Crippen LogP contribution in [0, 0.1) is 0 Å². The maximum atomic E-state index is 11.9. The van der Waals surface area contributed by atoms with E-state index in [4.69, 9.17) is 9.47 Å². The molecule has 0 rings (SSSR count). The van der Waals surface area contributed by atoms with Crippen molar-refractivity contribution >= 4 is 6.16 Å². The lowest BCUT2D eigenvalue weighted by Crippen LogP contribution is -2.24. The number of unbranched alkanes of at least 4 members (excludes halogenated alkanes) is 2. The third-order valence-electron chi connectivity index (χ3n) is 3.51. The summed E-state index contributed by atoms with van der Waals surface area (Å²) in [5, 5.41) is 0. The van der Waals surface area contributed by atoms with Crippen LogP contribution < -0.4 is 0 Å². The second-order valence-corrected chi connectivity index (χ2v) is 5.59. The van der Waals surface area contributed by atoms with E-state index in [1.807, 2.05) is 0 Å². The molecule has 3 heteroatoms. The van der Waals surface area contributed by atoms with Crippen LogP contribution in [0.5, 0.6) is 0 Å². The summed E-state index contributed by atoms with van der Waals surface area (Å²) in [5.74, 6) is 0. The largest absolute Gasteiger partial charge is 0.508 e. The summed E-state index contributed by atoms with van der Waals surface area (Å²) in [6, 6.07) is 0. The maximum absolute atomic E-state index is 11.9. The number of ether oxygens (including phenoxy) is 2. The number of carbonyl (C=O) groups excluding carboxylic acids is 1. The zero-order valence-electron chi connectivity index (χ0n) is 14.0. The Balaban J connectivity index is 4.16. The van der Waals surface area contributed by atoms with E-state index >= 15 is 0 Å². The molecule has 120 valence electrons. The molecule has 0 fully saturated rings. The standard InChI is InChI=1S/C17H34O3/c1-5-9-13-15(11-7-3)19-17(18)20-16(12-8-4)14-10-6-2/h15-16H,5-14H2,1-4H3. The van der Waals surface area contributed by atoms with Gasteiger partial charge in [0.05, 0.1) is 0 Å². The van der Waals surface area contributed by atoms with Gasteiger partial charge in [0.2, 0.25) is 0 Å². The lowest BCUT2D eigenvalue weighted by atomic mass is 10.1. The number of carbonyl (C=O) groups is 1. The first-order valence-electron chi connectivity index (χ1n) is 8.55. The molecule has 0 aromatic carbocycles. The molecule has 0 amide bonds. The molecule has 0 aliphatic rings. The second kappa shape index (κ2) is 13.3. The van der Waals surface area contributed by atoms with E-state index < -0.39 is 6.16 Å². The van der Waals surface area contributed by atoms with Crippen molar-refractivity contribution < 1.29 is 14.3 Å². The van der Waals surface area contributed by atoms with E-state index in [2.05, 4.69) is 27.7 Å². The lowest BCUT2D eigenvalue weighted by molar-refractivity contribution is -0.0111. The minimum absolute atomic E-state index is 0.0286. The van der Waals surface area contributed by atoms with Gasteiger partial charge in [0.15, 0.2) is 0 Å². The van der Waals surface area contributed by atoms with Crippen LogP contribution in [-0.2, 0) is 9.47 Å². The Hall–Kier alpha value is -0.730. The smallest absolute Gasteiger partial charge is 0.431 e. The van der Waals surface area contributed by atoms with Crippen LogP contribution in [-0.4, -0.2) is 18.4 Å². The van der Waals surface area contributed by atoms with E-state index in [1.54, 1.807) is 0 Å². The summed E-state index contributed by atoms with van der Waals surface area (Å²) in [7, 11) is 0. The average molecular weight is 286 g/mol. The molecular formula is C17H34O3. The zero-order chi connectivity index (χ0) is 15.2. The molecule has 0 aliphatic heterocycles. The quantitative estimate of drug-likeness (QED) is 0.422. The normalized spacial score (nSPS) is 13.8. The van der Waals surface area contributed by atoms with Crippen molar-refractivity contribution in [1.82, 2.24) is 0 Å². The van der Waals surface area contributed by atoms with Gasteiger partial charge in [-0.1, -0.05) is 66.2 Å². The molecule has 2 unspecified atom stereocenters. The van der Waals surface area contributed by atoms with Crippen molar-refractivity contribution in [3.63, 3.8) is 0 Å². The molecule has 0 N–H and O–H groups in total. The van der Waals surface area contributed by atoms with Crippen LogP contribution in [0.1, 0.15) is 91.9 Å². The molecule has 3 nitrogen and oxygen atoms in total. The van der Waals surface area contributed by atoms with Crippen LogP contribution in [0.15, 0.2) is 0 Å². The molecule has 0 aliphatic carbocycles. The Labute approximate surface area is 125 Å². The molecule has 0 radical (unpaired) electrons. The summed E-state index contributed by atoms with van der Waals surface area (Å²) in [6.07, 6.45) is 9.91. The summed E-state index contributed by atoms with van der Waals surface area (Å²) in [6.45, 7) is 8.55. The van der Waals surface area contributed by atoms with Gasteiger partial charge >= 0.3 is 6.16 Å². The van der Waals surface area contributed by atoms with Crippen LogP contribution in [0.25, 0.3) is 0 Å². The highest BCUT2D eigenvalue weighted by atomic mass is 16.7. The van der Waals surface area contributed by atoms with Gasteiger partial charge in [-0.15, -0.1) is 0 Å². The monoisotopic (exact) mass is 286 g/mol. The van der Waals surface area contributed by atoms with Crippen LogP contribution in [0.4, 0.5) is 4.79 Å². The van der Waals surface area contributed by atoms with Gasteiger partial charge in [0, 0.05) is 0 Å². The number of hydrogen-bond donors (Lipinski definition) is 0. The van der Waals surface area contributed by atoms with Crippen molar-refractivity contribution in [2.75, 3.05) is 0 Å². The molecule has 0 bridgehead atoms. The third kappa shape index (κ3) is 10.1. The molecule has 20 heavy (non-hydrogen) atoms. The maximum Gasteiger partial charge on any atom is 0.508 e. The van der Waals surface area contributed by atoms with E-state index in [0.717, 1.165) is 64.2 Å².